The molecule has 1 aromatic heterocycles. The van der Waals surface area contributed by atoms with Crippen LogP contribution in [0.3, 0.4) is 0 Å². The molecule has 1 fully saturated rings. The van der Waals surface area contributed by atoms with E-state index in [1.165, 1.54) is 0 Å². The molecule has 7 nitrogen and oxygen atoms in total. The lowest BCUT2D eigenvalue weighted by molar-refractivity contribution is -0.121. The lowest BCUT2D eigenvalue weighted by Crippen LogP contribution is -2.40. The highest BCUT2D eigenvalue weighted by Crippen LogP contribution is 2.23. The standard InChI is InChI=1S/C19H24N4O3/c1-2-26-17-7-5-16(6-8-17)23-14-13-22(19(23)25)15-18(24)20-9-12-21-10-3-4-11-21/h3-8,10-11H,2,9,12-15H2,1H3,(H,20,24). The Hall–Kier alpha value is -2.96. The molecule has 0 aliphatic carbocycles. The van der Waals surface area contributed by atoms with E-state index in [1.54, 1.807) is 9.80 Å². The molecular weight excluding hydrogens is 332 g/mol. The van der Waals surface area contributed by atoms with Crippen LogP contribution in [0.5, 0.6) is 5.75 Å². The van der Waals surface area contributed by atoms with E-state index in [0.717, 1.165) is 11.4 Å². The van der Waals surface area contributed by atoms with Crippen molar-refractivity contribution >= 4 is 17.6 Å². The van der Waals surface area contributed by atoms with Crippen LogP contribution in [0, 0.1) is 0 Å². The van der Waals surface area contributed by atoms with Crippen LogP contribution in [0.2, 0.25) is 0 Å². The van der Waals surface area contributed by atoms with Gasteiger partial charge in [-0.15, -0.1) is 0 Å². The molecule has 0 spiro atoms. The van der Waals surface area contributed by atoms with Crippen molar-refractivity contribution in [1.29, 1.82) is 0 Å². The molecule has 1 N–H and O–H groups in total. The van der Waals surface area contributed by atoms with Gasteiger partial charge in [-0.3, -0.25) is 9.69 Å². The molecular formula is C19H24N4O3. The second-order valence-electron chi connectivity index (χ2n) is 6.05. The first-order valence-electron chi connectivity index (χ1n) is 8.84. The van der Waals surface area contributed by atoms with Crippen LogP contribution < -0.4 is 15.0 Å². The SMILES string of the molecule is CCOc1ccc(N2CCN(CC(=O)NCCn3cccc3)C2=O)cc1. The van der Waals surface area contributed by atoms with Crippen molar-refractivity contribution in [2.75, 3.05) is 37.7 Å². The van der Waals surface area contributed by atoms with Crippen LogP contribution in [0.25, 0.3) is 0 Å². The number of nitrogens with one attached hydrogen (secondary N) is 1. The Morgan fingerprint density at radius 1 is 1.15 bits per heavy atom. The Kier molecular flexibility index (Phi) is 5.78. The van der Waals surface area contributed by atoms with E-state index in [-0.39, 0.29) is 18.5 Å². The van der Waals surface area contributed by atoms with E-state index >= 15 is 0 Å². The minimum atomic E-state index is -0.144. The smallest absolute Gasteiger partial charge is 0.325 e. The van der Waals surface area contributed by atoms with Crippen molar-refractivity contribution in [2.45, 2.75) is 13.5 Å². The molecule has 3 amide bonds. The zero-order chi connectivity index (χ0) is 18.4. The van der Waals surface area contributed by atoms with Gasteiger partial charge in [-0.25, -0.2) is 4.79 Å². The topological polar surface area (TPSA) is 66.8 Å². The highest BCUT2D eigenvalue weighted by molar-refractivity contribution is 5.96. The summed E-state index contributed by atoms with van der Waals surface area (Å²) in [7, 11) is 0. The molecule has 2 aromatic rings. The molecule has 1 aromatic carbocycles. The number of aromatic nitrogens is 1. The van der Waals surface area contributed by atoms with Crippen molar-refractivity contribution < 1.29 is 14.3 Å². The fourth-order valence-electron chi connectivity index (χ4n) is 2.93. The van der Waals surface area contributed by atoms with Gasteiger partial charge in [-0.05, 0) is 43.3 Å². The van der Waals surface area contributed by atoms with Gasteiger partial charge >= 0.3 is 6.03 Å². The molecule has 7 heteroatoms. The van der Waals surface area contributed by atoms with Gasteiger partial charge in [0.15, 0.2) is 0 Å². The number of hydrogen-bond acceptors (Lipinski definition) is 3. The number of nitrogens with zero attached hydrogens (tertiary/aromatic N) is 3. The zero-order valence-corrected chi connectivity index (χ0v) is 14.9. The molecule has 0 atom stereocenters. The summed E-state index contributed by atoms with van der Waals surface area (Å²) in [6.45, 7) is 4.98. The normalized spacial score (nSPS) is 14.0. The number of amides is 3. The lowest BCUT2D eigenvalue weighted by atomic mass is 10.3. The maximum atomic E-state index is 12.5. The fraction of sp³-hybridized carbons (Fsp3) is 0.368. The summed E-state index contributed by atoms with van der Waals surface area (Å²) in [6, 6.07) is 11.2. The molecule has 3 rings (SSSR count). The van der Waals surface area contributed by atoms with Gasteiger partial charge in [0.05, 0.1) is 6.61 Å². The second-order valence-corrected chi connectivity index (χ2v) is 6.05. The maximum Gasteiger partial charge on any atom is 0.325 e. The summed E-state index contributed by atoms with van der Waals surface area (Å²) in [5.74, 6) is 0.640. The van der Waals surface area contributed by atoms with E-state index in [9.17, 15) is 9.59 Å². The first-order chi connectivity index (χ1) is 12.7. The number of carbonyl (C=O) groups is 2. The molecule has 0 unspecified atom stereocenters. The van der Waals surface area contributed by atoms with Crippen LogP contribution in [0.4, 0.5) is 10.5 Å². The van der Waals surface area contributed by atoms with Gasteiger partial charge in [0.1, 0.15) is 12.3 Å². The Labute approximate surface area is 153 Å². The Bertz CT molecular complexity index is 728. The lowest BCUT2D eigenvalue weighted by Gasteiger charge is -2.18. The predicted molar refractivity (Wildman–Crippen MR) is 99.4 cm³/mol. The van der Waals surface area contributed by atoms with E-state index in [2.05, 4.69) is 5.32 Å². The largest absolute Gasteiger partial charge is 0.494 e. The van der Waals surface area contributed by atoms with Crippen LogP contribution in [-0.2, 0) is 11.3 Å². The summed E-state index contributed by atoms with van der Waals surface area (Å²) in [5.41, 5.74) is 0.814. The predicted octanol–water partition coefficient (Wildman–Crippen LogP) is 1.95. The second kappa shape index (κ2) is 8.42. The number of carbonyl (C=O) groups excluding carboxylic acids is 2. The first-order valence-corrected chi connectivity index (χ1v) is 8.84. The Morgan fingerprint density at radius 3 is 2.58 bits per heavy atom. The minimum Gasteiger partial charge on any atom is -0.494 e. The Balaban J connectivity index is 1.48. The molecule has 1 aliphatic rings. The van der Waals surface area contributed by atoms with Gasteiger partial charge < -0.3 is 19.5 Å². The number of hydrogen-bond donors (Lipinski definition) is 1. The summed E-state index contributed by atoms with van der Waals surface area (Å²) >= 11 is 0. The van der Waals surface area contributed by atoms with Crippen molar-refractivity contribution in [3.8, 4) is 5.75 Å². The number of rotatable bonds is 8. The van der Waals surface area contributed by atoms with Crippen molar-refractivity contribution in [1.82, 2.24) is 14.8 Å². The molecule has 138 valence electrons. The number of urea groups is 1. The molecule has 2 heterocycles. The molecule has 0 radical (unpaired) electrons. The van der Waals surface area contributed by atoms with E-state index in [1.807, 2.05) is 60.3 Å². The van der Waals surface area contributed by atoms with E-state index in [4.69, 9.17) is 4.74 Å². The van der Waals surface area contributed by atoms with Crippen LogP contribution >= 0.6 is 0 Å². The summed E-state index contributed by atoms with van der Waals surface area (Å²) in [6.07, 6.45) is 3.90. The minimum absolute atomic E-state index is 0.0814. The number of benzene rings is 1. The average molecular weight is 356 g/mol. The average Bonchev–Trinajstić information content (AvgIpc) is 3.27. The molecule has 1 aliphatic heterocycles. The summed E-state index contributed by atoms with van der Waals surface area (Å²) in [4.78, 5) is 27.9. The summed E-state index contributed by atoms with van der Waals surface area (Å²) in [5, 5.41) is 2.86. The van der Waals surface area contributed by atoms with Crippen molar-refractivity contribution in [2.24, 2.45) is 0 Å². The third kappa shape index (κ3) is 4.36. The van der Waals surface area contributed by atoms with E-state index < -0.39 is 0 Å². The van der Waals surface area contributed by atoms with Crippen LogP contribution in [-0.4, -0.2) is 54.2 Å². The third-order valence-corrected chi connectivity index (χ3v) is 4.25. The highest BCUT2D eigenvalue weighted by atomic mass is 16.5. The third-order valence-electron chi connectivity index (χ3n) is 4.25. The first kappa shape index (κ1) is 17.8. The maximum absolute atomic E-state index is 12.5. The number of ether oxygens (including phenoxy) is 1. The van der Waals surface area contributed by atoms with Gasteiger partial charge in [0.2, 0.25) is 5.91 Å². The van der Waals surface area contributed by atoms with Gasteiger partial charge in [-0.2, -0.15) is 0 Å². The molecule has 0 saturated carbocycles. The van der Waals surface area contributed by atoms with Crippen molar-refractivity contribution in [3.05, 3.63) is 48.8 Å². The summed E-state index contributed by atoms with van der Waals surface area (Å²) < 4.78 is 7.41. The number of anilines is 1. The highest BCUT2D eigenvalue weighted by Gasteiger charge is 2.30. The van der Waals surface area contributed by atoms with Crippen LogP contribution in [0.1, 0.15) is 6.92 Å². The van der Waals surface area contributed by atoms with Gasteiger partial charge in [0, 0.05) is 44.3 Å². The van der Waals surface area contributed by atoms with Gasteiger partial charge in [0.25, 0.3) is 0 Å². The quantitative estimate of drug-likeness (QED) is 0.786. The molecule has 26 heavy (non-hydrogen) atoms. The monoisotopic (exact) mass is 356 g/mol. The molecule has 0 bridgehead atoms. The van der Waals surface area contributed by atoms with Gasteiger partial charge in [-0.1, -0.05) is 0 Å². The Morgan fingerprint density at radius 2 is 1.88 bits per heavy atom. The van der Waals surface area contributed by atoms with E-state index in [0.29, 0.717) is 32.8 Å². The zero-order valence-electron chi connectivity index (χ0n) is 14.9. The molecule has 1 saturated heterocycles. The van der Waals surface area contributed by atoms with Crippen molar-refractivity contribution in [3.63, 3.8) is 0 Å². The fourth-order valence-corrected chi connectivity index (χ4v) is 2.93. The van der Waals surface area contributed by atoms with Crippen LogP contribution in [0.15, 0.2) is 48.8 Å².